The molecule has 8 nitrogen and oxygen atoms in total. The van der Waals surface area contributed by atoms with Gasteiger partial charge in [0.25, 0.3) is 0 Å². The minimum atomic E-state index is -0.435. The van der Waals surface area contributed by atoms with Crippen molar-refractivity contribution in [1.82, 2.24) is 14.7 Å². The number of carbonyl (C=O) groups is 1. The van der Waals surface area contributed by atoms with Gasteiger partial charge in [0.2, 0.25) is 0 Å². The molecule has 0 bridgehead atoms. The van der Waals surface area contributed by atoms with Crippen molar-refractivity contribution in [3.05, 3.63) is 100 Å². The fraction of sp³-hybridized carbons (Fsp3) is 0.385. The number of halogens is 1. The Morgan fingerprint density at radius 3 is 2.50 bits per heavy atom. The molecule has 48 heavy (non-hydrogen) atoms. The van der Waals surface area contributed by atoms with Crippen LogP contribution in [0.5, 0.6) is 17.2 Å². The maximum atomic E-state index is 14.1. The maximum absolute atomic E-state index is 14.1. The molecule has 1 aromatic heterocycles. The molecule has 0 amide bonds. The number of rotatable bonds is 9. The Kier molecular flexibility index (Phi) is 9.07. The summed E-state index contributed by atoms with van der Waals surface area (Å²) in [5.41, 5.74) is 12.4. The van der Waals surface area contributed by atoms with Crippen LogP contribution in [-0.4, -0.2) is 58.9 Å². The highest BCUT2D eigenvalue weighted by atomic mass is 19.1. The van der Waals surface area contributed by atoms with E-state index in [4.69, 9.17) is 19.9 Å². The van der Waals surface area contributed by atoms with Gasteiger partial charge in [0.15, 0.2) is 17.3 Å². The average Bonchev–Trinajstić information content (AvgIpc) is 3.69. The number of aromatic nitrogens is 2. The average molecular weight is 651 g/mol. The highest BCUT2D eigenvalue weighted by molar-refractivity contribution is 6.15. The molecule has 4 aromatic rings. The molecule has 3 heterocycles. The Morgan fingerprint density at radius 1 is 1.00 bits per heavy atom. The quantitative estimate of drug-likeness (QED) is 0.186. The Balaban J connectivity index is 1.11. The monoisotopic (exact) mass is 650 g/mol. The predicted molar refractivity (Wildman–Crippen MR) is 185 cm³/mol. The second-order valence-corrected chi connectivity index (χ2v) is 13.4. The first-order valence-corrected chi connectivity index (χ1v) is 17.0. The van der Waals surface area contributed by atoms with Crippen molar-refractivity contribution in [3.8, 4) is 22.9 Å². The van der Waals surface area contributed by atoms with Crippen molar-refractivity contribution >= 4 is 17.7 Å². The number of nitrogens with two attached hydrogens (primary N) is 1. The molecule has 0 unspecified atom stereocenters. The normalized spacial score (nSPS) is 17.4. The van der Waals surface area contributed by atoms with Crippen LogP contribution >= 0.6 is 0 Å². The van der Waals surface area contributed by atoms with Crippen LogP contribution < -0.4 is 15.2 Å². The molecule has 2 fully saturated rings. The maximum Gasteiger partial charge on any atom is 0.194 e. The number of ether oxygens (including phenoxy) is 3. The van der Waals surface area contributed by atoms with Crippen molar-refractivity contribution in [2.24, 2.45) is 0 Å². The van der Waals surface area contributed by atoms with E-state index < -0.39 is 5.82 Å². The van der Waals surface area contributed by atoms with Gasteiger partial charge in [0, 0.05) is 44.3 Å². The summed E-state index contributed by atoms with van der Waals surface area (Å²) in [4.78, 5) is 16.4. The van der Waals surface area contributed by atoms with Crippen LogP contribution in [0.3, 0.4) is 0 Å². The number of benzene rings is 3. The lowest BCUT2D eigenvalue weighted by molar-refractivity contribution is 0.0759. The summed E-state index contributed by atoms with van der Waals surface area (Å²) in [6, 6.07) is 16.6. The number of fused-ring (bicyclic) bond motifs is 1. The second-order valence-electron chi connectivity index (χ2n) is 13.4. The molecule has 250 valence electrons. The number of nitrogens with zero attached hydrogens (tertiary/aromatic N) is 3. The number of Topliss-reactive ketones (excluding diaryl/α,β-unsaturated/α-hetero) is 1. The number of carbonyl (C=O) groups excluding carboxylic acids is 1. The molecule has 0 atom stereocenters. The van der Waals surface area contributed by atoms with Crippen LogP contribution in [0.2, 0.25) is 0 Å². The van der Waals surface area contributed by atoms with Crippen molar-refractivity contribution in [2.75, 3.05) is 32.0 Å². The summed E-state index contributed by atoms with van der Waals surface area (Å²) in [7, 11) is 0. The largest absolute Gasteiger partial charge is 0.490 e. The molecular formula is C39H43FN4O4. The SMILES string of the molecule is Cc1cc(-n2ncc(C(=O)C3=Cc4cc(OC5CCN(C(C)C)CC5)c(C5CCOCC5)cc4C3)c2N)ccc1Oc1ccccc1F. The first-order chi connectivity index (χ1) is 23.2. The smallest absolute Gasteiger partial charge is 0.194 e. The van der Waals surface area contributed by atoms with Crippen molar-refractivity contribution in [2.45, 2.75) is 70.9 Å². The van der Waals surface area contributed by atoms with Crippen LogP contribution in [0.15, 0.2) is 66.4 Å². The zero-order valence-electron chi connectivity index (χ0n) is 27.9. The second kappa shape index (κ2) is 13.6. The number of ketones is 1. The van der Waals surface area contributed by atoms with Gasteiger partial charge in [-0.25, -0.2) is 9.07 Å². The molecule has 0 saturated carbocycles. The van der Waals surface area contributed by atoms with Crippen molar-refractivity contribution < 1.29 is 23.4 Å². The number of para-hydroxylation sites is 1. The molecule has 2 saturated heterocycles. The lowest BCUT2D eigenvalue weighted by atomic mass is 9.88. The lowest BCUT2D eigenvalue weighted by Crippen LogP contribution is -2.41. The summed E-state index contributed by atoms with van der Waals surface area (Å²) < 4.78 is 33.9. The Labute approximate surface area is 281 Å². The summed E-state index contributed by atoms with van der Waals surface area (Å²) in [5, 5.41) is 4.47. The number of allylic oxidation sites excluding steroid dienone is 1. The molecule has 1 aliphatic carbocycles. The van der Waals surface area contributed by atoms with Crippen molar-refractivity contribution in [1.29, 1.82) is 0 Å². The lowest BCUT2D eigenvalue weighted by Gasteiger charge is -2.35. The molecule has 3 aliphatic rings. The van der Waals surface area contributed by atoms with Gasteiger partial charge >= 0.3 is 0 Å². The number of piperidine rings is 1. The van der Waals surface area contributed by atoms with Crippen molar-refractivity contribution in [3.63, 3.8) is 0 Å². The standard InChI is InChI=1S/C39H43FN4O4/c1-24(2)43-14-10-31(11-15-43)47-37-22-28-20-29(19-27(28)21-32(37)26-12-16-46-17-13-26)38(45)33-23-42-44(39(33)41)30-8-9-35(25(3)18-30)48-36-7-5-4-6-34(36)40/h4-9,18,20-24,26,31H,10-17,19,41H2,1-3H3. The van der Waals surface area contributed by atoms with Crippen LogP contribution in [0.1, 0.15) is 78.1 Å². The number of hydrogen-bond donors (Lipinski definition) is 1. The summed E-state index contributed by atoms with van der Waals surface area (Å²) in [6.07, 6.45) is 8.16. The van der Waals surface area contributed by atoms with Gasteiger partial charge in [-0.1, -0.05) is 18.2 Å². The molecule has 2 N–H and O–H groups in total. The van der Waals surface area contributed by atoms with Crippen LogP contribution in [0.25, 0.3) is 11.8 Å². The van der Waals surface area contributed by atoms with Gasteiger partial charge < -0.3 is 24.8 Å². The number of likely N-dealkylation sites (tertiary alicyclic amines) is 1. The predicted octanol–water partition coefficient (Wildman–Crippen LogP) is 7.66. The number of aryl methyl sites for hydroxylation is 1. The molecule has 3 aromatic carbocycles. The Hall–Kier alpha value is -4.47. The zero-order valence-corrected chi connectivity index (χ0v) is 27.9. The number of anilines is 1. The highest BCUT2D eigenvalue weighted by Gasteiger charge is 2.29. The van der Waals surface area contributed by atoms with Gasteiger partial charge in [-0.3, -0.25) is 4.79 Å². The number of nitrogen functional groups attached to an aromatic ring is 1. The van der Waals surface area contributed by atoms with E-state index in [1.165, 1.54) is 17.8 Å². The molecule has 0 radical (unpaired) electrons. The molecule has 2 aliphatic heterocycles. The molecule has 7 rings (SSSR count). The first kappa shape index (κ1) is 32.1. The third-order valence-corrected chi connectivity index (χ3v) is 9.95. The van der Waals surface area contributed by atoms with Gasteiger partial charge in [-0.15, -0.1) is 0 Å². The Morgan fingerprint density at radius 2 is 1.77 bits per heavy atom. The van der Waals surface area contributed by atoms with E-state index in [2.05, 4.69) is 36.0 Å². The topological polar surface area (TPSA) is 91.8 Å². The summed E-state index contributed by atoms with van der Waals surface area (Å²) in [6.45, 7) is 9.95. The van der Waals surface area contributed by atoms with Gasteiger partial charge in [-0.2, -0.15) is 5.10 Å². The van der Waals surface area contributed by atoms with E-state index >= 15 is 0 Å². The van der Waals surface area contributed by atoms with Crippen LogP contribution in [-0.2, 0) is 11.2 Å². The summed E-state index contributed by atoms with van der Waals surface area (Å²) >= 11 is 0. The zero-order chi connectivity index (χ0) is 33.4. The van der Waals surface area contributed by atoms with Crippen LogP contribution in [0.4, 0.5) is 10.2 Å². The highest BCUT2D eigenvalue weighted by Crippen LogP contribution is 2.41. The molecular weight excluding hydrogens is 607 g/mol. The van der Waals surface area contributed by atoms with E-state index in [1.807, 2.05) is 19.1 Å². The fourth-order valence-corrected chi connectivity index (χ4v) is 7.09. The first-order valence-electron chi connectivity index (χ1n) is 17.0. The molecule has 0 spiro atoms. The van der Waals surface area contributed by atoms with E-state index in [-0.39, 0.29) is 23.5 Å². The number of hydrogen-bond acceptors (Lipinski definition) is 7. The van der Waals surface area contributed by atoms with Gasteiger partial charge in [-0.05, 0) is 117 Å². The van der Waals surface area contributed by atoms with E-state index in [0.717, 1.165) is 74.4 Å². The van der Waals surface area contributed by atoms with Gasteiger partial charge in [0.05, 0.1) is 17.4 Å². The summed E-state index contributed by atoms with van der Waals surface area (Å²) in [5.74, 6) is 1.67. The third kappa shape index (κ3) is 6.49. The van der Waals surface area contributed by atoms with Gasteiger partial charge in [0.1, 0.15) is 23.4 Å². The minimum absolute atomic E-state index is 0.137. The van der Waals surface area contributed by atoms with E-state index in [0.29, 0.717) is 41.0 Å². The van der Waals surface area contributed by atoms with E-state index in [9.17, 15) is 9.18 Å². The third-order valence-electron chi connectivity index (χ3n) is 9.95. The molecule has 9 heteroatoms. The minimum Gasteiger partial charge on any atom is -0.490 e. The Bertz CT molecular complexity index is 1850. The fourth-order valence-electron chi connectivity index (χ4n) is 7.09. The van der Waals surface area contributed by atoms with E-state index in [1.54, 1.807) is 35.0 Å². The van der Waals surface area contributed by atoms with Crippen LogP contribution in [0, 0.1) is 12.7 Å².